The highest BCUT2D eigenvalue weighted by atomic mass is 19.4. The van der Waals surface area contributed by atoms with Crippen molar-refractivity contribution in [3.63, 3.8) is 0 Å². The summed E-state index contributed by atoms with van der Waals surface area (Å²) in [6.45, 7) is 1.78. The first-order valence-electron chi connectivity index (χ1n) is 5.97. The Bertz CT molecular complexity index is 567. The van der Waals surface area contributed by atoms with Gasteiger partial charge >= 0.3 is 6.18 Å². The van der Waals surface area contributed by atoms with Gasteiger partial charge in [-0.2, -0.15) is 13.2 Å². The average Bonchev–Trinajstić information content (AvgIpc) is 2.91. The second-order valence-electron chi connectivity index (χ2n) is 4.26. The van der Waals surface area contributed by atoms with Crippen LogP contribution < -0.4 is 10.6 Å². The zero-order valence-electron chi connectivity index (χ0n) is 11.0. The molecular weight excluding hydrogens is 271 g/mol. The van der Waals surface area contributed by atoms with Crippen molar-refractivity contribution in [1.29, 1.82) is 0 Å². The molecule has 1 atom stereocenters. The van der Waals surface area contributed by atoms with Crippen molar-refractivity contribution in [2.75, 3.05) is 17.7 Å². The molecule has 0 bridgehead atoms. The van der Waals surface area contributed by atoms with Crippen LogP contribution in [0.1, 0.15) is 24.3 Å². The highest BCUT2D eigenvalue weighted by molar-refractivity contribution is 5.50. The Balaban J connectivity index is 2.27. The molecule has 0 radical (unpaired) electrons. The smallest absolute Gasteiger partial charge is 0.416 e. The SMILES string of the molecule is CNc1cc(C(F)(F)F)cc(NC(C)c2ccco2)n1. The minimum Gasteiger partial charge on any atom is -0.467 e. The molecule has 0 aliphatic heterocycles. The van der Waals surface area contributed by atoms with Gasteiger partial charge in [0, 0.05) is 7.05 Å². The number of furan rings is 1. The van der Waals surface area contributed by atoms with Crippen LogP contribution in [0, 0.1) is 0 Å². The molecule has 0 spiro atoms. The number of nitrogens with zero attached hydrogens (tertiary/aromatic N) is 1. The first-order chi connectivity index (χ1) is 9.40. The van der Waals surface area contributed by atoms with Gasteiger partial charge < -0.3 is 15.1 Å². The fourth-order valence-corrected chi connectivity index (χ4v) is 1.73. The van der Waals surface area contributed by atoms with Gasteiger partial charge in [0.1, 0.15) is 17.4 Å². The lowest BCUT2D eigenvalue weighted by Crippen LogP contribution is -2.11. The topological polar surface area (TPSA) is 50.1 Å². The van der Waals surface area contributed by atoms with Gasteiger partial charge in [-0.1, -0.05) is 0 Å². The summed E-state index contributed by atoms with van der Waals surface area (Å²) in [5.74, 6) is 0.900. The van der Waals surface area contributed by atoms with E-state index in [1.807, 2.05) is 0 Å². The third-order valence-corrected chi connectivity index (χ3v) is 2.74. The lowest BCUT2D eigenvalue weighted by Gasteiger charge is -2.15. The summed E-state index contributed by atoms with van der Waals surface area (Å²) in [5.41, 5.74) is -0.758. The maximum Gasteiger partial charge on any atom is 0.416 e. The molecule has 2 N–H and O–H groups in total. The average molecular weight is 285 g/mol. The number of pyridine rings is 1. The predicted octanol–water partition coefficient (Wildman–Crippen LogP) is 3.91. The second kappa shape index (κ2) is 5.44. The summed E-state index contributed by atoms with van der Waals surface area (Å²) in [4.78, 5) is 4.05. The summed E-state index contributed by atoms with van der Waals surface area (Å²) in [7, 11) is 1.52. The molecule has 108 valence electrons. The van der Waals surface area contributed by atoms with Gasteiger partial charge in [-0.25, -0.2) is 4.98 Å². The van der Waals surface area contributed by atoms with E-state index in [1.54, 1.807) is 19.1 Å². The lowest BCUT2D eigenvalue weighted by atomic mass is 10.2. The van der Waals surface area contributed by atoms with Crippen molar-refractivity contribution in [1.82, 2.24) is 4.98 Å². The number of alkyl halides is 3. The lowest BCUT2D eigenvalue weighted by molar-refractivity contribution is -0.137. The molecule has 0 aliphatic rings. The van der Waals surface area contributed by atoms with Gasteiger partial charge in [0.05, 0.1) is 17.9 Å². The van der Waals surface area contributed by atoms with Crippen LogP contribution in [0.2, 0.25) is 0 Å². The van der Waals surface area contributed by atoms with E-state index < -0.39 is 11.7 Å². The number of aromatic nitrogens is 1. The van der Waals surface area contributed by atoms with Crippen molar-refractivity contribution < 1.29 is 17.6 Å². The summed E-state index contributed by atoms with van der Waals surface area (Å²) in [6, 6.07) is 5.10. The van der Waals surface area contributed by atoms with Crippen molar-refractivity contribution in [2.24, 2.45) is 0 Å². The quantitative estimate of drug-likeness (QED) is 0.894. The molecule has 0 fully saturated rings. The van der Waals surface area contributed by atoms with Crippen LogP contribution in [0.25, 0.3) is 0 Å². The highest BCUT2D eigenvalue weighted by Gasteiger charge is 2.31. The van der Waals surface area contributed by atoms with Gasteiger partial charge in [0.25, 0.3) is 0 Å². The Morgan fingerprint density at radius 1 is 1.25 bits per heavy atom. The summed E-state index contributed by atoms with van der Waals surface area (Å²) in [5, 5.41) is 5.50. The van der Waals surface area contributed by atoms with E-state index in [1.165, 1.54) is 13.3 Å². The first-order valence-corrected chi connectivity index (χ1v) is 5.97. The third-order valence-electron chi connectivity index (χ3n) is 2.74. The summed E-state index contributed by atoms with van der Waals surface area (Å²) < 4.78 is 43.6. The Morgan fingerprint density at radius 3 is 2.50 bits per heavy atom. The van der Waals surface area contributed by atoms with Gasteiger partial charge in [-0.05, 0) is 31.2 Å². The molecule has 2 rings (SSSR count). The zero-order chi connectivity index (χ0) is 14.8. The van der Waals surface area contributed by atoms with Crippen LogP contribution >= 0.6 is 0 Å². The Morgan fingerprint density at radius 2 is 1.95 bits per heavy atom. The van der Waals surface area contributed by atoms with Crippen molar-refractivity contribution in [3.05, 3.63) is 41.9 Å². The van der Waals surface area contributed by atoms with E-state index in [4.69, 9.17) is 4.42 Å². The molecule has 20 heavy (non-hydrogen) atoms. The molecule has 1 unspecified atom stereocenters. The highest BCUT2D eigenvalue weighted by Crippen LogP contribution is 2.32. The van der Waals surface area contributed by atoms with E-state index >= 15 is 0 Å². The van der Waals surface area contributed by atoms with Crippen LogP contribution in [0.3, 0.4) is 0 Å². The van der Waals surface area contributed by atoms with Crippen molar-refractivity contribution in [2.45, 2.75) is 19.1 Å². The molecule has 2 aromatic heterocycles. The zero-order valence-corrected chi connectivity index (χ0v) is 11.0. The van der Waals surface area contributed by atoms with Gasteiger partial charge in [-0.15, -0.1) is 0 Å². The van der Waals surface area contributed by atoms with Gasteiger partial charge in [-0.3, -0.25) is 0 Å². The Hall–Kier alpha value is -2.18. The molecule has 2 aromatic rings. The number of anilines is 2. The number of rotatable bonds is 4. The molecule has 0 saturated heterocycles. The standard InChI is InChI=1S/C13H14F3N3O/c1-8(10-4-3-5-20-10)18-12-7-9(13(14,15)16)6-11(17-2)19-12/h3-8H,1-2H3,(H2,17,18,19). The molecule has 7 heteroatoms. The predicted molar refractivity (Wildman–Crippen MR) is 69.5 cm³/mol. The Labute approximate surface area is 114 Å². The largest absolute Gasteiger partial charge is 0.467 e. The maximum absolute atomic E-state index is 12.8. The fraction of sp³-hybridized carbons (Fsp3) is 0.308. The molecule has 0 aromatic carbocycles. The molecule has 2 heterocycles. The van der Waals surface area contributed by atoms with Gasteiger partial charge in [0.2, 0.25) is 0 Å². The number of hydrogen-bond acceptors (Lipinski definition) is 4. The normalized spacial score (nSPS) is 13.1. The van der Waals surface area contributed by atoms with E-state index in [-0.39, 0.29) is 17.7 Å². The Kier molecular flexibility index (Phi) is 3.87. The third kappa shape index (κ3) is 3.23. The molecule has 4 nitrogen and oxygen atoms in total. The van der Waals surface area contributed by atoms with Crippen molar-refractivity contribution >= 4 is 11.6 Å². The van der Waals surface area contributed by atoms with E-state index in [2.05, 4.69) is 15.6 Å². The molecule has 0 aliphatic carbocycles. The minimum atomic E-state index is -4.42. The number of hydrogen-bond donors (Lipinski definition) is 2. The molecular formula is C13H14F3N3O. The van der Waals surface area contributed by atoms with Crippen LogP contribution in [0.4, 0.5) is 24.8 Å². The fourth-order valence-electron chi connectivity index (χ4n) is 1.73. The van der Waals surface area contributed by atoms with E-state index in [9.17, 15) is 13.2 Å². The van der Waals surface area contributed by atoms with Crippen LogP contribution in [0.15, 0.2) is 34.9 Å². The van der Waals surface area contributed by atoms with Crippen LogP contribution in [-0.2, 0) is 6.18 Å². The van der Waals surface area contributed by atoms with E-state index in [0.717, 1.165) is 12.1 Å². The second-order valence-corrected chi connectivity index (χ2v) is 4.26. The number of nitrogens with one attached hydrogen (secondary N) is 2. The molecule has 0 amide bonds. The first kappa shape index (κ1) is 14.2. The summed E-state index contributed by atoms with van der Waals surface area (Å²) in [6.07, 6.45) is -2.91. The monoisotopic (exact) mass is 285 g/mol. The van der Waals surface area contributed by atoms with Crippen LogP contribution in [-0.4, -0.2) is 12.0 Å². The van der Waals surface area contributed by atoms with Crippen LogP contribution in [0.5, 0.6) is 0 Å². The van der Waals surface area contributed by atoms with Crippen molar-refractivity contribution in [3.8, 4) is 0 Å². The van der Waals surface area contributed by atoms with E-state index in [0.29, 0.717) is 5.76 Å². The van der Waals surface area contributed by atoms with Gasteiger partial charge in [0.15, 0.2) is 0 Å². The summed E-state index contributed by atoms with van der Waals surface area (Å²) >= 11 is 0. The number of halogens is 3. The molecule has 0 saturated carbocycles. The maximum atomic E-state index is 12.8. The minimum absolute atomic E-state index is 0.132.